The van der Waals surface area contributed by atoms with Gasteiger partial charge in [-0.15, -0.1) is 0 Å². The van der Waals surface area contributed by atoms with Crippen LogP contribution in [0, 0.1) is 5.41 Å². The van der Waals surface area contributed by atoms with E-state index in [0.29, 0.717) is 11.5 Å². The molecule has 0 aliphatic heterocycles. The van der Waals surface area contributed by atoms with Gasteiger partial charge in [0.1, 0.15) is 28.7 Å². The van der Waals surface area contributed by atoms with Gasteiger partial charge in [-0.25, -0.2) is 19.2 Å². The fraction of sp³-hybridized carbons (Fsp3) is 0.152. The number of hydrogen-bond donors (Lipinski definition) is 3. The topological polar surface area (TPSA) is 166 Å². The molecule has 0 amide bonds. The number of benzene rings is 4. The fourth-order valence-corrected chi connectivity index (χ4v) is 3.87. The van der Waals surface area contributed by atoms with Crippen molar-refractivity contribution in [3.05, 3.63) is 113 Å². The van der Waals surface area contributed by atoms with Crippen molar-refractivity contribution in [2.45, 2.75) is 13.8 Å². The molecule has 0 saturated heterocycles. The Hall–Kier alpha value is -5.84. The van der Waals surface area contributed by atoms with Gasteiger partial charge in [0.2, 0.25) is 0 Å². The van der Waals surface area contributed by atoms with Crippen molar-refractivity contribution >= 4 is 23.9 Å². The third-order valence-electron chi connectivity index (χ3n) is 6.16. The molecule has 0 aliphatic carbocycles. The van der Waals surface area contributed by atoms with Crippen LogP contribution in [0.25, 0.3) is 0 Å². The molecule has 0 unspecified atom stereocenters. The number of aromatic hydroxyl groups is 1. The van der Waals surface area contributed by atoms with E-state index in [1.165, 1.54) is 48.5 Å². The van der Waals surface area contributed by atoms with Crippen LogP contribution < -0.4 is 18.9 Å². The van der Waals surface area contributed by atoms with E-state index >= 15 is 0 Å². The molecule has 11 heteroatoms. The molecule has 0 fully saturated rings. The zero-order chi connectivity index (χ0) is 31.9. The minimum absolute atomic E-state index is 0.0552. The number of esters is 2. The summed E-state index contributed by atoms with van der Waals surface area (Å²) >= 11 is 0. The minimum Gasteiger partial charge on any atom is -0.508 e. The summed E-state index contributed by atoms with van der Waals surface area (Å²) in [5.41, 5.74) is -1.21. The van der Waals surface area contributed by atoms with Crippen molar-refractivity contribution < 1.29 is 53.4 Å². The molecule has 0 spiro atoms. The smallest absolute Gasteiger partial charge is 0.344 e. The molecule has 0 bridgehead atoms. The number of hydrogen-bond acceptors (Lipinski definition) is 9. The summed E-state index contributed by atoms with van der Waals surface area (Å²) in [7, 11) is 0. The molecule has 11 nitrogen and oxygen atoms in total. The van der Waals surface area contributed by atoms with Gasteiger partial charge >= 0.3 is 23.9 Å². The van der Waals surface area contributed by atoms with E-state index < -0.39 is 29.3 Å². The van der Waals surface area contributed by atoms with Gasteiger partial charge in [-0.1, -0.05) is 26.0 Å². The van der Waals surface area contributed by atoms with Crippen LogP contribution in [0.2, 0.25) is 0 Å². The number of carbonyl (C=O) groups is 4. The SMILES string of the molecule is CC(C)(COc1ccc(OC(=O)c2ccccc2C(=O)O)cc1)COc1ccc(OC(=O)c2cc(O)ccc2C(=O)O)cc1. The highest BCUT2D eigenvalue weighted by Crippen LogP contribution is 2.26. The predicted octanol–water partition coefficient (Wildman–Crippen LogP) is 5.71. The Morgan fingerprint density at radius 3 is 1.45 bits per heavy atom. The van der Waals surface area contributed by atoms with Crippen LogP contribution in [-0.2, 0) is 0 Å². The summed E-state index contributed by atoms with van der Waals surface area (Å²) in [5.74, 6) is -3.14. The first kappa shape index (κ1) is 31.1. The number of rotatable bonds is 12. The average Bonchev–Trinajstić information content (AvgIpc) is 3.00. The van der Waals surface area contributed by atoms with Gasteiger partial charge < -0.3 is 34.3 Å². The van der Waals surface area contributed by atoms with Crippen LogP contribution in [0.4, 0.5) is 0 Å². The molecule has 4 rings (SSSR count). The van der Waals surface area contributed by atoms with E-state index in [0.717, 1.165) is 12.1 Å². The second kappa shape index (κ2) is 13.4. The van der Waals surface area contributed by atoms with Gasteiger partial charge in [0, 0.05) is 5.41 Å². The van der Waals surface area contributed by atoms with E-state index in [1.54, 1.807) is 30.3 Å². The summed E-state index contributed by atoms with van der Waals surface area (Å²) in [6.07, 6.45) is 0. The molecular weight excluding hydrogens is 572 g/mol. The monoisotopic (exact) mass is 600 g/mol. The van der Waals surface area contributed by atoms with E-state index in [1.807, 2.05) is 13.8 Å². The predicted molar refractivity (Wildman–Crippen MR) is 156 cm³/mol. The van der Waals surface area contributed by atoms with Crippen molar-refractivity contribution in [1.29, 1.82) is 0 Å². The summed E-state index contributed by atoms with van der Waals surface area (Å²) in [6.45, 7) is 4.43. The zero-order valence-corrected chi connectivity index (χ0v) is 23.7. The molecule has 0 radical (unpaired) electrons. The molecule has 0 aliphatic rings. The highest BCUT2D eigenvalue weighted by atomic mass is 16.5. The molecule has 4 aromatic rings. The Morgan fingerprint density at radius 2 is 0.977 bits per heavy atom. The minimum atomic E-state index is -1.33. The first-order valence-electron chi connectivity index (χ1n) is 13.2. The van der Waals surface area contributed by atoms with Crippen molar-refractivity contribution in [3.8, 4) is 28.7 Å². The molecule has 0 atom stereocenters. The molecule has 44 heavy (non-hydrogen) atoms. The van der Waals surface area contributed by atoms with Gasteiger partial charge in [0.15, 0.2) is 0 Å². The second-order valence-electron chi connectivity index (χ2n) is 10.3. The first-order valence-corrected chi connectivity index (χ1v) is 13.2. The Bertz CT molecular complexity index is 1670. The molecule has 0 saturated carbocycles. The largest absolute Gasteiger partial charge is 0.508 e. The van der Waals surface area contributed by atoms with E-state index in [4.69, 9.17) is 18.9 Å². The molecule has 3 N–H and O–H groups in total. The van der Waals surface area contributed by atoms with Gasteiger partial charge in [-0.2, -0.15) is 0 Å². The lowest BCUT2D eigenvalue weighted by atomic mass is 9.96. The summed E-state index contributed by atoms with van der Waals surface area (Å²) in [6, 6.07) is 21.6. The Balaban J connectivity index is 1.27. The van der Waals surface area contributed by atoms with Crippen LogP contribution in [-0.4, -0.2) is 52.4 Å². The standard InChI is InChI=1S/C33H28O11/c1-33(2,18-41-21-8-12-23(13-9-21)43-31(39)27-6-4-3-5-25(27)29(35)36)19-42-22-10-14-24(15-11-22)44-32(40)28-17-20(34)7-16-26(28)30(37)38/h3-17,34H,18-19H2,1-2H3,(H,35,36)(H,37,38). The number of ether oxygens (including phenoxy) is 4. The maximum Gasteiger partial charge on any atom is 0.344 e. The van der Waals surface area contributed by atoms with Gasteiger partial charge in [0.25, 0.3) is 0 Å². The lowest BCUT2D eigenvalue weighted by Crippen LogP contribution is -2.28. The first-order chi connectivity index (χ1) is 20.9. The number of carbonyl (C=O) groups excluding carboxylic acids is 2. The van der Waals surface area contributed by atoms with Crippen LogP contribution in [0.5, 0.6) is 28.7 Å². The van der Waals surface area contributed by atoms with Crippen molar-refractivity contribution in [2.75, 3.05) is 13.2 Å². The lowest BCUT2D eigenvalue weighted by Gasteiger charge is -2.25. The van der Waals surface area contributed by atoms with E-state index in [-0.39, 0.29) is 52.7 Å². The third-order valence-corrected chi connectivity index (χ3v) is 6.16. The van der Waals surface area contributed by atoms with E-state index in [2.05, 4.69) is 0 Å². The van der Waals surface area contributed by atoms with Crippen LogP contribution in [0.1, 0.15) is 55.3 Å². The molecular formula is C33H28O11. The normalized spacial score (nSPS) is 10.9. The molecule has 0 heterocycles. The Labute approximate surface area is 251 Å². The Kier molecular flexibility index (Phi) is 9.49. The fourth-order valence-electron chi connectivity index (χ4n) is 3.87. The highest BCUT2D eigenvalue weighted by Gasteiger charge is 2.22. The Morgan fingerprint density at radius 1 is 0.568 bits per heavy atom. The highest BCUT2D eigenvalue weighted by molar-refractivity contribution is 6.04. The second-order valence-corrected chi connectivity index (χ2v) is 10.3. The number of aromatic carboxylic acids is 2. The molecule has 226 valence electrons. The van der Waals surface area contributed by atoms with Crippen molar-refractivity contribution in [3.63, 3.8) is 0 Å². The summed E-state index contributed by atoms with van der Waals surface area (Å²) in [4.78, 5) is 47.7. The molecule has 0 aromatic heterocycles. The zero-order valence-electron chi connectivity index (χ0n) is 23.7. The maximum atomic E-state index is 12.5. The average molecular weight is 601 g/mol. The number of phenolic OH excluding ortho intramolecular Hbond substituents is 1. The van der Waals surface area contributed by atoms with E-state index in [9.17, 15) is 34.5 Å². The number of phenols is 1. The van der Waals surface area contributed by atoms with Crippen LogP contribution >= 0.6 is 0 Å². The van der Waals surface area contributed by atoms with Gasteiger partial charge in [0.05, 0.1) is 35.5 Å². The third kappa shape index (κ3) is 8.13. The van der Waals surface area contributed by atoms with Crippen molar-refractivity contribution in [1.82, 2.24) is 0 Å². The summed E-state index contributed by atoms with van der Waals surface area (Å²) < 4.78 is 22.3. The molecule has 4 aromatic carbocycles. The van der Waals surface area contributed by atoms with Gasteiger partial charge in [-0.3, -0.25) is 0 Å². The maximum absolute atomic E-state index is 12.5. The van der Waals surface area contributed by atoms with Gasteiger partial charge in [-0.05, 0) is 78.9 Å². The van der Waals surface area contributed by atoms with Crippen LogP contribution in [0.3, 0.4) is 0 Å². The van der Waals surface area contributed by atoms with Crippen LogP contribution in [0.15, 0.2) is 91.0 Å². The summed E-state index contributed by atoms with van der Waals surface area (Å²) in [5, 5.41) is 28.2. The lowest BCUT2D eigenvalue weighted by molar-refractivity contribution is 0.0666. The number of carboxylic acid groups (broad SMARTS) is 2. The van der Waals surface area contributed by atoms with Crippen molar-refractivity contribution in [2.24, 2.45) is 5.41 Å². The quantitative estimate of drug-likeness (QED) is 0.135. The number of carboxylic acids is 2.